The highest BCUT2D eigenvalue weighted by Crippen LogP contribution is 2.17. The molecule has 7 heteroatoms. The van der Waals surface area contributed by atoms with Crippen molar-refractivity contribution in [2.24, 2.45) is 0 Å². The second-order valence-corrected chi connectivity index (χ2v) is 6.82. The summed E-state index contributed by atoms with van der Waals surface area (Å²) in [4.78, 5) is 29.1. The number of aromatic nitrogens is 3. The average Bonchev–Trinajstić information content (AvgIpc) is 3.23. The Bertz CT molecular complexity index is 1210. The number of rotatable bonds is 5. The first-order chi connectivity index (χ1) is 14.1. The zero-order valence-corrected chi connectivity index (χ0v) is 16.1. The molecule has 1 N–H and O–H groups in total. The third kappa shape index (κ3) is 4.12. The number of nitrogens with zero attached hydrogens (tertiary/aromatic N) is 3. The van der Waals surface area contributed by atoms with Crippen molar-refractivity contribution < 1.29 is 4.79 Å². The van der Waals surface area contributed by atoms with Gasteiger partial charge in [-0.2, -0.15) is 0 Å². The van der Waals surface area contributed by atoms with Crippen molar-refractivity contribution in [3.63, 3.8) is 0 Å². The van der Waals surface area contributed by atoms with Gasteiger partial charge in [-0.05, 0) is 29.8 Å². The molecule has 2 heterocycles. The minimum absolute atomic E-state index is 0.183. The van der Waals surface area contributed by atoms with Gasteiger partial charge in [0.15, 0.2) is 0 Å². The van der Waals surface area contributed by atoms with Crippen LogP contribution in [-0.4, -0.2) is 20.0 Å². The first-order valence-corrected chi connectivity index (χ1v) is 9.32. The number of anilines is 1. The molecule has 0 spiro atoms. The summed E-state index contributed by atoms with van der Waals surface area (Å²) in [5, 5.41) is 3.41. The number of benzene rings is 2. The topological polar surface area (TPSA) is 68.9 Å². The average molecular weight is 405 g/mol. The van der Waals surface area contributed by atoms with Crippen LogP contribution in [0.2, 0.25) is 5.02 Å². The molecule has 2 aromatic carbocycles. The van der Waals surface area contributed by atoms with E-state index in [9.17, 15) is 9.59 Å². The fourth-order valence-electron chi connectivity index (χ4n) is 2.99. The van der Waals surface area contributed by atoms with E-state index in [-0.39, 0.29) is 11.5 Å². The van der Waals surface area contributed by atoms with Gasteiger partial charge in [-0.25, -0.2) is 4.98 Å². The van der Waals surface area contributed by atoms with Gasteiger partial charge in [-0.1, -0.05) is 48.0 Å². The summed E-state index contributed by atoms with van der Waals surface area (Å²) in [6, 6.07) is 19.8. The zero-order valence-electron chi connectivity index (χ0n) is 15.3. The molecule has 0 bridgehead atoms. The molecule has 2 aromatic heterocycles. The lowest BCUT2D eigenvalue weighted by molar-refractivity contribution is 0.102. The molecular formula is C22H17ClN4O2. The number of imidazole rings is 1. The molecule has 0 unspecified atom stereocenters. The van der Waals surface area contributed by atoms with Crippen LogP contribution in [-0.2, 0) is 6.54 Å². The number of carbonyl (C=O) groups is 1. The first-order valence-electron chi connectivity index (χ1n) is 8.95. The molecule has 0 aliphatic heterocycles. The molecule has 29 heavy (non-hydrogen) atoms. The van der Waals surface area contributed by atoms with E-state index >= 15 is 0 Å². The van der Waals surface area contributed by atoms with Gasteiger partial charge in [0, 0.05) is 23.0 Å². The molecule has 4 rings (SSSR count). The summed E-state index contributed by atoms with van der Waals surface area (Å²) < 4.78 is 3.21. The fraction of sp³-hybridized carbons (Fsp3) is 0.0455. The minimum Gasteiger partial charge on any atom is -0.319 e. The van der Waals surface area contributed by atoms with Gasteiger partial charge in [0.25, 0.3) is 11.5 Å². The van der Waals surface area contributed by atoms with Gasteiger partial charge in [0.05, 0.1) is 24.8 Å². The van der Waals surface area contributed by atoms with Crippen LogP contribution in [0, 0.1) is 0 Å². The smallest absolute Gasteiger partial charge is 0.274 e. The molecule has 144 valence electrons. The van der Waals surface area contributed by atoms with E-state index in [1.807, 2.05) is 48.5 Å². The molecule has 0 aliphatic rings. The number of para-hydroxylation sites is 1. The molecular weight excluding hydrogens is 388 g/mol. The Hall–Kier alpha value is -3.64. The lowest BCUT2D eigenvalue weighted by Gasteiger charge is -2.12. The largest absolute Gasteiger partial charge is 0.319 e. The summed E-state index contributed by atoms with van der Waals surface area (Å²) in [6.45, 7) is 0.310. The molecule has 0 radical (unpaired) electrons. The molecule has 4 aromatic rings. The lowest BCUT2D eigenvalue weighted by Crippen LogP contribution is -2.22. The summed E-state index contributed by atoms with van der Waals surface area (Å²) >= 11 is 6.20. The van der Waals surface area contributed by atoms with Crippen molar-refractivity contribution in [1.82, 2.24) is 14.1 Å². The lowest BCUT2D eigenvalue weighted by atomic mass is 10.2. The van der Waals surface area contributed by atoms with Crippen molar-refractivity contribution >= 4 is 23.2 Å². The van der Waals surface area contributed by atoms with Crippen LogP contribution in [0.1, 0.15) is 16.1 Å². The third-order valence-electron chi connectivity index (χ3n) is 4.45. The first kappa shape index (κ1) is 18.7. The highest BCUT2D eigenvalue weighted by Gasteiger charge is 2.14. The fourth-order valence-corrected chi connectivity index (χ4v) is 3.19. The Balaban J connectivity index is 1.58. The van der Waals surface area contributed by atoms with Crippen LogP contribution in [0.4, 0.5) is 5.69 Å². The number of amides is 1. The van der Waals surface area contributed by atoms with E-state index in [0.29, 0.717) is 22.9 Å². The molecule has 0 aliphatic carbocycles. The quantitative estimate of drug-likeness (QED) is 0.547. The van der Waals surface area contributed by atoms with Crippen molar-refractivity contribution in [3.8, 4) is 5.69 Å². The Morgan fingerprint density at radius 2 is 1.76 bits per heavy atom. The third-order valence-corrected chi connectivity index (χ3v) is 4.81. The van der Waals surface area contributed by atoms with Gasteiger partial charge in [0.1, 0.15) is 5.69 Å². The van der Waals surface area contributed by atoms with Crippen molar-refractivity contribution in [2.45, 2.75) is 6.54 Å². The maximum absolute atomic E-state index is 12.8. The van der Waals surface area contributed by atoms with E-state index in [1.165, 1.54) is 16.8 Å². The van der Waals surface area contributed by atoms with Crippen molar-refractivity contribution in [3.05, 3.63) is 112 Å². The minimum atomic E-state index is -0.325. The Morgan fingerprint density at radius 1 is 1.00 bits per heavy atom. The molecule has 0 fully saturated rings. The number of hydrogen-bond acceptors (Lipinski definition) is 3. The summed E-state index contributed by atoms with van der Waals surface area (Å²) in [5.74, 6) is -0.325. The van der Waals surface area contributed by atoms with E-state index in [2.05, 4.69) is 10.3 Å². The van der Waals surface area contributed by atoms with Gasteiger partial charge >= 0.3 is 0 Å². The van der Waals surface area contributed by atoms with Crippen LogP contribution >= 0.6 is 11.6 Å². The zero-order chi connectivity index (χ0) is 20.2. The van der Waals surface area contributed by atoms with E-state index in [0.717, 1.165) is 11.3 Å². The Labute approximate surface area is 172 Å². The van der Waals surface area contributed by atoms with E-state index in [1.54, 1.807) is 29.2 Å². The molecule has 0 saturated heterocycles. The van der Waals surface area contributed by atoms with Crippen LogP contribution in [0.3, 0.4) is 0 Å². The highest BCUT2D eigenvalue weighted by molar-refractivity contribution is 6.31. The van der Waals surface area contributed by atoms with Crippen LogP contribution in [0.25, 0.3) is 5.69 Å². The molecule has 6 nitrogen and oxygen atoms in total. The summed E-state index contributed by atoms with van der Waals surface area (Å²) in [7, 11) is 0. The number of halogens is 1. The maximum Gasteiger partial charge on any atom is 0.274 e. The second-order valence-electron chi connectivity index (χ2n) is 6.41. The van der Waals surface area contributed by atoms with Gasteiger partial charge in [0.2, 0.25) is 0 Å². The Kier molecular flexibility index (Phi) is 5.27. The van der Waals surface area contributed by atoms with Crippen LogP contribution in [0.15, 0.2) is 90.2 Å². The van der Waals surface area contributed by atoms with E-state index < -0.39 is 0 Å². The van der Waals surface area contributed by atoms with Crippen molar-refractivity contribution in [1.29, 1.82) is 0 Å². The normalized spacial score (nSPS) is 10.7. The predicted octanol–water partition coefficient (Wildman–Crippen LogP) is 3.99. The Morgan fingerprint density at radius 3 is 2.55 bits per heavy atom. The summed E-state index contributed by atoms with van der Waals surface area (Å²) in [6.07, 6.45) is 4.69. The standard InChI is InChI=1S/C22H17ClN4O2/c23-19-9-5-4-6-16(19)13-26-14-17(10-11-21(26)28)25-22(29)20-12-24-15-27(20)18-7-2-1-3-8-18/h1-12,14-15H,13H2,(H,25,29). The summed E-state index contributed by atoms with van der Waals surface area (Å²) in [5.41, 5.74) is 2.36. The number of pyridine rings is 1. The SMILES string of the molecule is O=C(Nc1ccc(=O)n(Cc2ccccc2Cl)c1)c1cncn1-c1ccccc1. The van der Waals surface area contributed by atoms with Gasteiger partial charge in [-0.3, -0.25) is 14.2 Å². The van der Waals surface area contributed by atoms with Crippen LogP contribution < -0.4 is 10.9 Å². The van der Waals surface area contributed by atoms with E-state index in [4.69, 9.17) is 11.6 Å². The predicted molar refractivity (Wildman–Crippen MR) is 113 cm³/mol. The second kappa shape index (κ2) is 8.16. The van der Waals surface area contributed by atoms with Crippen LogP contribution in [0.5, 0.6) is 0 Å². The molecule has 0 atom stereocenters. The maximum atomic E-state index is 12.8. The van der Waals surface area contributed by atoms with Crippen molar-refractivity contribution in [2.75, 3.05) is 5.32 Å². The molecule has 1 amide bonds. The monoisotopic (exact) mass is 404 g/mol. The number of hydrogen-bond donors (Lipinski definition) is 1. The molecule has 0 saturated carbocycles. The van der Waals surface area contributed by atoms with Gasteiger partial charge < -0.3 is 9.88 Å². The van der Waals surface area contributed by atoms with Gasteiger partial charge in [-0.15, -0.1) is 0 Å². The number of nitrogens with one attached hydrogen (secondary N) is 1. The number of carbonyl (C=O) groups excluding carboxylic acids is 1. The highest BCUT2D eigenvalue weighted by atomic mass is 35.5.